The minimum Gasteiger partial charge on any atom is -0.326 e. The average Bonchev–Trinajstić information content (AvgIpc) is 2.70. The lowest BCUT2D eigenvalue weighted by molar-refractivity contribution is -0.121. The number of anilines is 2. The lowest BCUT2D eigenvalue weighted by atomic mass is 9.98. The molecular formula is C20H21ClFN3O4S. The molecule has 2 N–H and O–H groups in total. The van der Waals surface area contributed by atoms with Crippen LogP contribution in [-0.2, 0) is 19.6 Å². The van der Waals surface area contributed by atoms with E-state index in [0.29, 0.717) is 30.8 Å². The van der Waals surface area contributed by atoms with E-state index in [2.05, 4.69) is 10.6 Å². The Kier molecular flexibility index (Phi) is 6.74. The lowest BCUT2D eigenvalue weighted by Gasteiger charge is -2.31. The maximum absolute atomic E-state index is 13.1. The van der Waals surface area contributed by atoms with Crippen LogP contribution in [0.25, 0.3) is 0 Å². The second-order valence-corrected chi connectivity index (χ2v) is 9.37. The minimum absolute atomic E-state index is 0.00898. The molecule has 10 heteroatoms. The van der Waals surface area contributed by atoms with Gasteiger partial charge in [0.25, 0.3) is 0 Å². The summed E-state index contributed by atoms with van der Waals surface area (Å²) in [7, 11) is -3.82. The van der Waals surface area contributed by atoms with Crippen molar-refractivity contribution >= 4 is 44.8 Å². The fraction of sp³-hybridized carbons (Fsp3) is 0.300. The number of sulfonamides is 1. The van der Waals surface area contributed by atoms with Gasteiger partial charge in [-0.1, -0.05) is 11.6 Å². The monoisotopic (exact) mass is 453 g/mol. The zero-order valence-electron chi connectivity index (χ0n) is 16.2. The molecule has 160 valence electrons. The van der Waals surface area contributed by atoms with Crippen LogP contribution in [-0.4, -0.2) is 37.6 Å². The van der Waals surface area contributed by atoms with Gasteiger partial charge in [-0.3, -0.25) is 9.59 Å². The normalized spacial score (nSPS) is 17.4. The summed E-state index contributed by atoms with van der Waals surface area (Å²) in [4.78, 5) is 23.8. The summed E-state index contributed by atoms with van der Waals surface area (Å²) in [5.74, 6) is -1.65. The van der Waals surface area contributed by atoms with Crippen molar-refractivity contribution in [2.45, 2.75) is 24.7 Å². The van der Waals surface area contributed by atoms with Gasteiger partial charge in [0, 0.05) is 25.7 Å². The van der Waals surface area contributed by atoms with E-state index < -0.39 is 21.8 Å². The fourth-order valence-corrected chi connectivity index (χ4v) is 5.01. The standard InChI is InChI=1S/C20H21ClFN3O4S/c1-13(26)23-19-9-6-16(11-18(19)21)24-20(27)14-3-2-10-25(12-14)30(28,29)17-7-4-15(22)5-8-17/h4-9,11,14H,2-3,10,12H2,1H3,(H,23,26)(H,24,27). The predicted octanol–water partition coefficient (Wildman–Crippen LogP) is 3.48. The Morgan fingerprint density at radius 3 is 2.47 bits per heavy atom. The van der Waals surface area contributed by atoms with Crippen molar-refractivity contribution in [2.75, 3.05) is 23.7 Å². The van der Waals surface area contributed by atoms with Gasteiger partial charge in [0.15, 0.2) is 0 Å². The zero-order valence-corrected chi connectivity index (χ0v) is 17.8. The number of carbonyl (C=O) groups is 2. The maximum Gasteiger partial charge on any atom is 0.243 e. The van der Waals surface area contributed by atoms with Crippen LogP contribution in [0.5, 0.6) is 0 Å². The number of halogens is 2. The number of carbonyl (C=O) groups excluding carboxylic acids is 2. The number of amides is 2. The van der Waals surface area contributed by atoms with Gasteiger partial charge < -0.3 is 10.6 Å². The van der Waals surface area contributed by atoms with Crippen molar-refractivity contribution in [2.24, 2.45) is 5.92 Å². The lowest BCUT2D eigenvalue weighted by Crippen LogP contribution is -2.43. The molecule has 1 aliphatic rings. The molecule has 0 aromatic heterocycles. The van der Waals surface area contributed by atoms with E-state index in [4.69, 9.17) is 11.6 Å². The Labute approximate surface area is 179 Å². The van der Waals surface area contributed by atoms with Gasteiger partial charge in [-0.2, -0.15) is 4.31 Å². The smallest absolute Gasteiger partial charge is 0.243 e. The molecule has 1 atom stereocenters. The van der Waals surface area contributed by atoms with E-state index >= 15 is 0 Å². The first-order valence-corrected chi connectivity index (χ1v) is 11.1. The van der Waals surface area contributed by atoms with Crippen LogP contribution in [0.2, 0.25) is 5.02 Å². The van der Waals surface area contributed by atoms with Gasteiger partial charge in [0.1, 0.15) is 5.82 Å². The van der Waals surface area contributed by atoms with E-state index in [9.17, 15) is 22.4 Å². The second-order valence-electron chi connectivity index (χ2n) is 7.02. The number of hydrogen-bond acceptors (Lipinski definition) is 4. The summed E-state index contributed by atoms with van der Waals surface area (Å²) < 4.78 is 40.0. The molecule has 0 radical (unpaired) electrons. The van der Waals surface area contributed by atoms with Crippen molar-refractivity contribution in [1.82, 2.24) is 4.31 Å². The summed E-state index contributed by atoms with van der Waals surface area (Å²) in [6.07, 6.45) is 1.07. The molecule has 2 aromatic rings. The summed E-state index contributed by atoms with van der Waals surface area (Å²) in [6.45, 7) is 1.69. The van der Waals surface area contributed by atoms with E-state index in [0.717, 1.165) is 12.1 Å². The van der Waals surface area contributed by atoms with Crippen LogP contribution in [0.15, 0.2) is 47.4 Å². The number of nitrogens with one attached hydrogen (secondary N) is 2. The molecule has 0 aliphatic carbocycles. The highest BCUT2D eigenvalue weighted by Crippen LogP contribution is 2.28. The van der Waals surface area contributed by atoms with Crippen molar-refractivity contribution in [3.8, 4) is 0 Å². The third kappa shape index (κ3) is 5.16. The van der Waals surface area contributed by atoms with Crippen LogP contribution in [0.3, 0.4) is 0 Å². The molecule has 1 heterocycles. The Balaban J connectivity index is 1.69. The van der Waals surface area contributed by atoms with Gasteiger partial charge in [-0.25, -0.2) is 12.8 Å². The van der Waals surface area contributed by atoms with Gasteiger partial charge >= 0.3 is 0 Å². The molecule has 1 saturated heterocycles. The molecule has 2 amide bonds. The molecule has 3 rings (SSSR count). The molecule has 0 spiro atoms. The second kappa shape index (κ2) is 9.11. The minimum atomic E-state index is -3.82. The van der Waals surface area contributed by atoms with Crippen molar-refractivity contribution in [1.29, 1.82) is 0 Å². The van der Waals surface area contributed by atoms with Crippen LogP contribution in [0.1, 0.15) is 19.8 Å². The topological polar surface area (TPSA) is 95.6 Å². The average molecular weight is 454 g/mol. The summed E-state index contributed by atoms with van der Waals surface area (Å²) in [5, 5.41) is 5.59. The quantitative estimate of drug-likeness (QED) is 0.724. The van der Waals surface area contributed by atoms with Crippen LogP contribution in [0, 0.1) is 11.7 Å². The van der Waals surface area contributed by atoms with Crippen molar-refractivity contribution in [3.63, 3.8) is 0 Å². The molecule has 0 saturated carbocycles. The molecule has 0 bridgehead atoms. The molecule has 1 aliphatic heterocycles. The SMILES string of the molecule is CC(=O)Nc1ccc(NC(=O)C2CCCN(S(=O)(=O)c3ccc(F)cc3)C2)cc1Cl. The molecule has 1 fully saturated rings. The molecule has 30 heavy (non-hydrogen) atoms. The van der Waals surface area contributed by atoms with Crippen molar-refractivity contribution in [3.05, 3.63) is 53.3 Å². The molecule has 1 unspecified atom stereocenters. The number of hydrogen-bond donors (Lipinski definition) is 2. The number of piperidine rings is 1. The summed E-state index contributed by atoms with van der Waals surface area (Å²) in [5.41, 5.74) is 0.869. The zero-order chi connectivity index (χ0) is 21.9. The number of benzene rings is 2. The highest BCUT2D eigenvalue weighted by atomic mass is 35.5. The first-order chi connectivity index (χ1) is 14.2. The van der Waals surface area contributed by atoms with Gasteiger partial charge in [0.05, 0.1) is 21.5 Å². The first kappa shape index (κ1) is 22.2. The Bertz CT molecular complexity index is 1060. The van der Waals surface area contributed by atoms with Crippen molar-refractivity contribution < 1.29 is 22.4 Å². The molecular weight excluding hydrogens is 433 g/mol. The van der Waals surface area contributed by atoms with Crippen LogP contribution < -0.4 is 10.6 Å². The largest absolute Gasteiger partial charge is 0.326 e. The Hall–Kier alpha value is -2.49. The number of rotatable bonds is 5. The van der Waals surface area contributed by atoms with Gasteiger partial charge in [-0.15, -0.1) is 0 Å². The Morgan fingerprint density at radius 2 is 1.83 bits per heavy atom. The summed E-state index contributed by atoms with van der Waals surface area (Å²) >= 11 is 6.12. The number of nitrogens with zero attached hydrogens (tertiary/aromatic N) is 1. The first-order valence-electron chi connectivity index (χ1n) is 9.30. The maximum atomic E-state index is 13.1. The molecule has 2 aromatic carbocycles. The van der Waals surface area contributed by atoms with E-state index in [1.54, 1.807) is 12.1 Å². The molecule has 7 nitrogen and oxygen atoms in total. The van der Waals surface area contributed by atoms with Crippen LogP contribution >= 0.6 is 11.6 Å². The fourth-order valence-electron chi connectivity index (χ4n) is 3.26. The van der Waals surface area contributed by atoms with E-state index in [-0.39, 0.29) is 28.3 Å². The highest BCUT2D eigenvalue weighted by molar-refractivity contribution is 7.89. The van der Waals surface area contributed by atoms with Crippen LogP contribution in [0.4, 0.5) is 15.8 Å². The third-order valence-corrected chi connectivity index (χ3v) is 6.95. The third-order valence-electron chi connectivity index (χ3n) is 4.75. The Morgan fingerprint density at radius 1 is 1.13 bits per heavy atom. The summed E-state index contributed by atoms with van der Waals surface area (Å²) in [6, 6.07) is 9.31. The predicted molar refractivity (Wildman–Crippen MR) is 112 cm³/mol. The highest BCUT2D eigenvalue weighted by Gasteiger charge is 2.33. The van der Waals surface area contributed by atoms with Gasteiger partial charge in [-0.05, 0) is 55.3 Å². The van der Waals surface area contributed by atoms with Gasteiger partial charge in [0.2, 0.25) is 21.8 Å². The van der Waals surface area contributed by atoms with E-state index in [1.807, 2.05) is 0 Å². The van der Waals surface area contributed by atoms with E-state index in [1.165, 1.54) is 29.4 Å².